The van der Waals surface area contributed by atoms with Crippen LogP contribution in [0.1, 0.15) is 24.6 Å². The molecule has 0 spiro atoms. The minimum Gasteiger partial charge on any atom is -0.492 e. The number of hydrogen-bond acceptors (Lipinski definition) is 9. The maximum atomic E-state index is 12.9. The lowest BCUT2D eigenvalue weighted by molar-refractivity contribution is -0.112. The molecule has 0 radical (unpaired) electrons. The largest absolute Gasteiger partial charge is 0.492 e. The van der Waals surface area contributed by atoms with Gasteiger partial charge in [-0.1, -0.05) is 23.7 Å². The molecule has 1 aliphatic heterocycles. The number of aliphatic hydroxyl groups excluding tert-OH is 1. The Bertz CT molecular complexity index is 1690. The molecule has 3 heterocycles. The molecular weight excluding hydrogens is 568 g/mol. The minimum absolute atomic E-state index is 0.0273. The molecule has 1 aliphatic rings. The van der Waals surface area contributed by atoms with Gasteiger partial charge in [-0.05, 0) is 56.8 Å². The van der Waals surface area contributed by atoms with Crippen LogP contribution in [0, 0.1) is 11.3 Å². The van der Waals surface area contributed by atoms with E-state index < -0.39 is 6.10 Å². The third-order valence-electron chi connectivity index (χ3n) is 7.00. The lowest BCUT2D eigenvalue weighted by Crippen LogP contribution is -2.23. The maximum Gasteiger partial charge on any atom is 0.248 e. The molecule has 2 aromatic carbocycles. The molecule has 4 aromatic rings. The van der Waals surface area contributed by atoms with Gasteiger partial charge in [-0.2, -0.15) is 5.26 Å². The van der Waals surface area contributed by atoms with Crippen molar-refractivity contribution < 1.29 is 19.4 Å². The highest BCUT2D eigenvalue weighted by Gasteiger charge is 2.26. The average molecular weight is 599 g/mol. The summed E-state index contributed by atoms with van der Waals surface area (Å²) in [6, 6.07) is 16.5. The molecule has 3 N–H and O–H groups in total. The highest BCUT2D eigenvalue weighted by molar-refractivity contribution is 6.32. The smallest absolute Gasteiger partial charge is 0.248 e. The van der Waals surface area contributed by atoms with Crippen molar-refractivity contribution in [2.45, 2.75) is 32.1 Å². The van der Waals surface area contributed by atoms with Crippen LogP contribution in [0.15, 0.2) is 73.1 Å². The Morgan fingerprint density at radius 1 is 1.21 bits per heavy atom. The van der Waals surface area contributed by atoms with E-state index in [0.29, 0.717) is 69.6 Å². The van der Waals surface area contributed by atoms with Crippen LogP contribution in [0.4, 0.5) is 17.1 Å². The van der Waals surface area contributed by atoms with Gasteiger partial charge in [0.1, 0.15) is 24.2 Å². The number of likely N-dealkylation sites (N-methyl/N-ethyl adjacent to an activating group) is 1. The number of β-amino-alcohol motifs (C(OH)–C–C–N with tert-alkyl or cyclic N) is 1. The van der Waals surface area contributed by atoms with Gasteiger partial charge in [0.05, 0.1) is 45.9 Å². The number of aromatic nitrogens is 2. The van der Waals surface area contributed by atoms with Crippen molar-refractivity contribution in [2.75, 3.05) is 30.8 Å². The lowest BCUT2D eigenvalue weighted by Gasteiger charge is -2.17. The number of pyridine rings is 2. The standard InChI is InChI=1S/C32H31ClN6O4/c1-3-42-30-15-27-25(14-28(30)38-31(41)10-8-23-13-24(40)18-39(23)2)32(20(16-34)17-36-27)37-21-7-9-29(26(33)12-21)43-19-22-6-4-5-11-35-22/h4-12,14-15,17,23-24,40H,3,13,18-19H2,1-2H3,(H,36,37)(H,38,41)/t23-,24-/m1/s1. The number of benzene rings is 2. The molecule has 11 heteroatoms. The normalized spacial score (nSPS) is 16.7. The van der Waals surface area contributed by atoms with Gasteiger partial charge in [-0.25, -0.2) is 0 Å². The van der Waals surface area contributed by atoms with Crippen LogP contribution in [0.3, 0.4) is 0 Å². The van der Waals surface area contributed by atoms with Crippen LogP contribution in [0.2, 0.25) is 5.02 Å². The molecule has 0 saturated carbocycles. The zero-order valence-corrected chi connectivity index (χ0v) is 24.5. The summed E-state index contributed by atoms with van der Waals surface area (Å²) in [7, 11) is 1.91. The fourth-order valence-electron chi connectivity index (χ4n) is 4.89. The Labute approximate surface area is 254 Å². The number of ether oxygens (including phenoxy) is 2. The number of nitrogens with one attached hydrogen (secondary N) is 2. The Morgan fingerprint density at radius 2 is 2.07 bits per heavy atom. The van der Waals surface area contributed by atoms with E-state index in [4.69, 9.17) is 21.1 Å². The number of nitrogens with zero attached hydrogens (tertiary/aromatic N) is 4. The molecule has 1 saturated heterocycles. The highest BCUT2D eigenvalue weighted by Crippen LogP contribution is 2.37. The second-order valence-corrected chi connectivity index (χ2v) is 10.5. The number of carbonyl (C=O) groups is 1. The van der Waals surface area contributed by atoms with Gasteiger partial charge < -0.3 is 25.2 Å². The second kappa shape index (κ2) is 13.5. The van der Waals surface area contributed by atoms with E-state index in [-0.39, 0.29) is 18.6 Å². The SMILES string of the molecule is CCOc1cc2ncc(C#N)c(Nc3ccc(OCc4ccccn4)c(Cl)c3)c2cc1NC(=O)C=C[C@@H]1C[C@@H](O)CN1C. The molecule has 5 rings (SSSR count). The number of anilines is 3. The Hall–Kier alpha value is -4.69. The Kier molecular flexibility index (Phi) is 9.37. The lowest BCUT2D eigenvalue weighted by atomic mass is 10.1. The van der Waals surface area contributed by atoms with Crippen LogP contribution in [0.25, 0.3) is 10.9 Å². The molecule has 43 heavy (non-hydrogen) atoms. The van der Waals surface area contributed by atoms with E-state index in [1.807, 2.05) is 37.1 Å². The quantitative estimate of drug-likeness (QED) is 0.204. The van der Waals surface area contributed by atoms with Crippen molar-refractivity contribution in [3.05, 3.63) is 89.4 Å². The average Bonchev–Trinajstić information content (AvgIpc) is 3.33. The van der Waals surface area contributed by atoms with Crippen molar-refractivity contribution in [1.29, 1.82) is 5.26 Å². The summed E-state index contributed by atoms with van der Waals surface area (Å²) in [4.78, 5) is 23.6. The van der Waals surface area contributed by atoms with E-state index in [1.54, 1.807) is 42.6 Å². The third-order valence-corrected chi connectivity index (χ3v) is 7.29. The molecule has 2 aromatic heterocycles. The number of halogens is 1. The summed E-state index contributed by atoms with van der Waals surface area (Å²) in [5.41, 5.74) is 3.22. The first-order valence-electron chi connectivity index (χ1n) is 13.8. The monoisotopic (exact) mass is 598 g/mol. The van der Waals surface area contributed by atoms with Gasteiger partial charge in [-0.15, -0.1) is 0 Å². The molecule has 0 aliphatic carbocycles. The summed E-state index contributed by atoms with van der Waals surface area (Å²) in [5.74, 6) is 0.600. The number of likely N-dealkylation sites (tertiary alicyclic amines) is 1. The summed E-state index contributed by atoms with van der Waals surface area (Å²) in [5, 5.41) is 27.0. The Morgan fingerprint density at radius 3 is 2.77 bits per heavy atom. The van der Waals surface area contributed by atoms with Crippen molar-refractivity contribution in [1.82, 2.24) is 14.9 Å². The second-order valence-electron chi connectivity index (χ2n) is 10.1. The third kappa shape index (κ3) is 7.21. The number of aliphatic hydroxyl groups is 1. The van der Waals surface area contributed by atoms with Gasteiger partial charge in [0.15, 0.2) is 0 Å². The van der Waals surface area contributed by atoms with E-state index >= 15 is 0 Å². The molecule has 0 bridgehead atoms. The van der Waals surface area contributed by atoms with Crippen molar-refractivity contribution in [3.63, 3.8) is 0 Å². The fourth-order valence-corrected chi connectivity index (χ4v) is 5.12. The predicted octanol–water partition coefficient (Wildman–Crippen LogP) is 5.44. The minimum atomic E-state index is -0.411. The molecule has 2 atom stereocenters. The zero-order chi connectivity index (χ0) is 30.3. The summed E-state index contributed by atoms with van der Waals surface area (Å²) >= 11 is 6.54. The molecule has 10 nitrogen and oxygen atoms in total. The highest BCUT2D eigenvalue weighted by atomic mass is 35.5. The van der Waals surface area contributed by atoms with Crippen LogP contribution in [-0.2, 0) is 11.4 Å². The number of hydrogen-bond donors (Lipinski definition) is 3. The number of carbonyl (C=O) groups excluding carboxylic acids is 1. The van der Waals surface area contributed by atoms with Crippen molar-refractivity contribution >= 4 is 45.5 Å². The van der Waals surface area contributed by atoms with Crippen molar-refractivity contribution in [3.8, 4) is 17.6 Å². The first kappa shape index (κ1) is 29.8. The van der Waals surface area contributed by atoms with E-state index in [0.717, 1.165) is 5.69 Å². The first-order valence-corrected chi connectivity index (χ1v) is 14.2. The predicted molar refractivity (Wildman–Crippen MR) is 166 cm³/mol. The molecule has 0 unspecified atom stereocenters. The fraction of sp³-hybridized carbons (Fsp3) is 0.250. The number of rotatable bonds is 10. The van der Waals surface area contributed by atoms with Gasteiger partial charge >= 0.3 is 0 Å². The van der Waals surface area contributed by atoms with E-state index in [1.165, 1.54) is 12.3 Å². The van der Waals surface area contributed by atoms with E-state index in [9.17, 15) is 15.2 Å². The Balaban J connectivity index is 1.41. The molecule has 1 amide bonds. The van der Waals surface area contributed by atoms with Gasteiger partial charge in [0, 0.05) is 48.2 Å². The first-order chi connectivity index (χ1) is 20.8. The number of nitriles is 1. The van der Waals surface area contributed by atoms with Gasteiger partial charge in [0.25, 0.3) is 0 Å². The topological polar surface area (TPSA) is 133 Å². The van der Waals surface area contributed by atoms with Crippen LogP contribution < -0.4 is 20.1 Å². The number of fused-ring (bicyclic) bond motifs is 1. The van der Waals surface area contributed by atoms with Crippen LogP contribution in [-0.4, -0.2) is 58.2 Å². The molecule has 1 fully saturated rings. The summed E-state index contributed by atoms with van der Waals surface area (Å²) in [6.07, 6.45) is 6.58. The summed E-state index contributed by atoms with van der Waals surface area (Å²) in [6.45, 7) is 3.06. The van der Waals surface area contributed by atoms with Gasteiger partial charge in [0.2, 0.25) is 5.91 Å². The zero-order valence-electron chi connectivity index (χ0n) is 23.8. The molecule has 220 valence electrons. The van der Waals surface area contributed by atoms with Crippen LogP contribution in [0.5, 0.6) is 11.5 Å². The van der Waals surface area contributed by atoms with Gasteiger partial charge in [-0.3, -0.25) is 19.7 Å². The molecular formula is C32H31ClN6O4. The van der Waals surface area contributed by atoms with Crippen molar-refractivity contribution in [2.24, 2.45) is 0 Å². The van der Waals surface area contributed by atoms with E-state index in [2.05, 4.69) is 26.7 Å². The maximum absolute atomic E-state index is 12.9. The number of amides is 1. The van der Waals surface area contributed by atoms with Crippen LogP contribution >= 0.6 is 11.6 Å². The summed E-state index contributed by atoms with van der Waals surface area (Å²) < 4.78 is 11.6.